The van der Waals surface area contributed by atoms with E-state index in [-0.39, 0.29) is 5.69 Å². The van der Waals surface area contributed by atoms with Crippen molar-refractivity contribution in [3.8, 4) is 5.75 Å². The van der Waals surface area contributed by atoms with E-state index in [2.05, 4.69) is 5.32 Å². The zero-order valence-electron chi connectivity index (χ0n) is 8.80. The fourth-order valence-corrected chi connectivity index (χ4v) is 0.983. The lowest BCUT2D eigenvalue weighted by atomic mass is 10.2. The van der Waals surface area contributed by atoms with E-state index in [4.69, 9.17) is 0 Å². The SMILES string of the molecule is CN(C)C(=O)Nc1ccc(O)c([N+](=O)[O-])c1. The second-order valence-electron chi connectivity index (χ2n) is 3.29. The maximum atomic E-state index is 11.3. The van der Waals surface area contributed by atoms with Crippen LogP contribution in [0.25, 0.3) is 0 Å². The van der Waals surface area contributed by atoms with Crippen LogP contribution < -0.4 is 5.32 Å². The number of carbonyl (C=O) groups is 1. The van der Waals surface area contributed by atoms with Crippen molar-refractivity contribution in [3.63, 3.8) is 0 Å². The van der Waals surface area contributed by atoms with E-state index >= 15 is 0 Å². The van der Waals surface area contributed by atoms with Gasteiger partial charge in [0.1, 0.15) is 0 Å². The fourth-order valence-electron chi connectivity index (χ4n) is 0.983. The van der Waals surface area contributed by atoms with E-state index in [0.29, 0.717) is 0 Å². The molecule has 86 valence electrons. The minimum absolute atomic E-state index is 0.253. The first-order valence-electron chi connectivity index (χ1n) is 4.37. The Balaban J connectivity index is 2.95. The third-order valence-electron chi connectivity index (χ3n) is 1.83. The van der Waals surface area contributed by atoms with Crippen molar-refractivity contribution in [1.82, 2.24) is 4.90 Å². The lowest BCUT2D eigenvalue weighted by Crippen LogP contribution is -2.27. The van der Waals surface area contributed by atoms with Crippen LogP contribution in [-0.4, -0.2) is 35.1 Å². The number of nitro groups is 1. The van der Waals surface area contributed by atoms with Crippen LogP contribution in [0.5, 0.6) is 5.75 Å². The van der Waals surface area contributed by atoms with Crippen LogP contribution in [0, 0.1) is 10.1 Å². The number of benzene rings is 1. The summed E-state index contributed by atoms with van der Waals surface area (Å²) in [5.74, 6) is -0.437. The Morgan fingerprint density at radius 1 is 1.50 bits per heavy atom. The first kappa shape index (κ1) is 11.8. The molecule has 7 heteroatoms. The molecule has 0 radical (unpaired) electrons. The molecule has 0 unspecified atom stereocenters. The van der Waals surface area contributed by atoms with Crippen molar-refractivity contribution in [2.45, 2.75) is 0 Å². The number of carbonyl (C=O) groups excluding carboxylic acids is 1. The number of urea groups is 1. The molecular formula is C9H11N3O4. The highest BCUT2D eigenvalue weighted by molar-refractivity contribution is 5.89. The van der Waals surface area contributed by atoms with Gasteiger partial charge in [0, 0.05) is 25.8 Å². The molecule has 1 aromatic carbocycles. The Labute approximate surface area is 91.4 Å². The average Bonchev–Trinajstić information content (AvgIpc) is 2.20. The van der Waals surface area contributed by atoms with E-state index in [1.165, 1.54) is 11.0 Å². The maximum Gasteiger partial charge on any atom is 0.321 e. The molecule has 0 saturated carbocycles. The Kier molecular flexibility index (Phi) is 3.29. The second kappa shape index (κ2) is 4.47. The molecule has 1 rings (SSSR count). The van der Waals surface area contributed by atoms with Crippen molar-refractivity contribution >= 4 is 17.4 Å². The molecule has 0 aliphatic carbocycles. The third kappa shape index (κ3) is 2.59. The van der Waals surface area contributed by atoms with Gasteiger partial charge < -0.3 is 15.3 Å². The number of phenols is 1. The van der Waals surface area contributed by atoms with Crippen LogP contribution in [0.2, 0.25) is 0 Å². The molecule has 0 saturated heterocycles. The molecule has 2 N–H and O–H groups in total. The van der Waals surface area contributed by atoms with Gasteiger partial charge in [0.15, 0.2) is 5.75 Å². The number of hydrogen-bond donors (Lipinski definition) is 2. The number of amides is 2. The predicted molar refractivity (Wildman–Crippen MR) is 57.5 cm³/mol. The Hall–Kier alpha value is -2.31. The Bertz CT molecular complexity index is 431. The number of nitro benzene ring substituents is 1. The summed E-state index contributed by atoms with van der Waals surface area (Å²) in [6, 6.07) is 3.23. The topological polar surface area (TPSA) is 95.7 Å². The monoisotopic (exact) mass is 225 g/mol. The van der Waals surface area contributed by atoms with Crippen LogP contribution in [0.4, 0.5) is 16.2 Å². The first-order chi connectivity index (χ1) is 7.41. The highest BCUT2D eigenvalue weighted by Gasteiger charge is 2.14. The van der Waals surface area contributed by atoms with E-state index in [1.807, 2.05) is 0 Å². The summed E-state index contributed by atoms with van der Waals surface area (Å²) in [5, 5.41) is 22.1. The van der Waals surface area contributed by atoms with Gasteiger partial charge in [-0.05, 0) is 12.1 Å². The van der Waals surface area contributed by atoms with Crippen molar-refractivity contribution in [2.24, 2.45) is 0 Å². The summed E-state index contributed by atoms with van der Waals surface area (Å²) in [6.07, 6.45) is 0. The lowest BCUT2D eigenvalue weighted by Gasteiger charge is -2.11. The number of nitrogens with one attached hydrogen (secondary N) is 1. The number of rotatable bonds is 2. The highest BCUT2D eigenvalue weighted by Crippen LogP contribution is 2.28. The minimum atomic E-state index is -0.722. The molecule has 0 atom stereocenters. The fraction of sp³-hybridized carbons (Fsp3) is 0.222. The summed E-state index contributed by atoms with van der Waals surface area (Å²) < 4.78 is 0. The van der Waals surface area contributed by atoms with Gasteiger partial charge in [-0.3, -0.25) is 10.1 Å². The number of hydrogen-bond acceptors (Lipinski definition) is 4. The van der Waals surface area contributed by atoms with Gasteiger partial charge in [0.05, 0.1) is 4.92 Å². The molecule has 0 aromatic heterocycles. The normalized spacial score (nSPS) is 9.62. The second-order valence-corrected chi connectivity index (χ2v) is 3.29. The van der Waals surface area contributed by atoms with Gasteiger partial charge in [-0.1, -0.05) is 0 Å². The number of nitrogens with zero attached hydrogens (tertiary/aromatic N) is 2. The quantitative estimate of drug-likeness (QED) is 0.451. The summed E-state index contributed by atoms with van der Waals surface area (Å²) >= 11 is 0. The molecule has 0 fully saturated rings. The molecular weight excluding hydrogens is 214 g/mol. The van der Waals surface area contributed by atoms with Gasteiger partial charge >= 0.3 is 11.7 Å². The third-order valence-corrected chi connectivity index (χ3v) is 1.83. The Morgan fingerprint density at radius 2 is 2.12 bits per heavy atom. The van der Waals surface area contributed by atoms with Gasteiger partial charge in [0.2, 0.25) is 0 Å². The molecule has 2 amide bonds. The van der Waals surface area contributed by atoms with E-state index in [1.54, 1.807) is 14.1 Å². The molecule has 7 nitrogen and oxygen atoms in total. The van der Waals surface area contributed by atoms with Crippen molar-refractivity contribution in [1.29, 1.82) is 0 Å². The zero-order valence-corrected chi connectivity index (χ0v) is 8.80. The maximum absolute atomic E-state index is 11.3. The molecule has 16 heavy (non-hydrogen) atoms. The summed E-state index contributed by atoms with van der Waals surface area (Å²) in [5.41, 5.74) is -0.195. The molecule has 0 spiro atoms. The summed E-state index contributed by atoms with van der Waals surface area (Å²) in [7, 11) is 3.09. The largest absolute Gasteiger partial charge is 0.502 e. The number of phenolic OH excluding ortho intramolecular Hbond substituents is 1. The van der Waals surface area contributed by atoms with Gasteiger partial charge in [0.25, 0.3) is 0 Å². The lowest BCUT2D eigenvalue weighted by molar-refractivity contribution is -0.385. The highest BCUT2D eigenvalue weighted by atomic mass is 16.6. The molecule has 1 aromatic rings. The summed E-state index contributed by atoms with van der Waals surface area (Å²) in [6.45, 7) is 0. The zero-order chi connectivity index (χ0) is 12.3. The smallest absolute Gasteiger partial charge is 0.321 e. The van der Waals surface area contributed by atoms with Crippen LogP contribution in [0.15, 0.2) is 18.2 Å². The van der Waals surface area contributed by atoms with Gasteiger partial charge in [-0.2, -0.15) is 0 Å². The van der Waals surface area contributed by atoms with Crippen LogP contribution >= 0.6 is 0 Å². The summed E-state index contributed by atoms with van der Waals surface area (Å²) in [4.78, 5) is 22.3. The minimum Gasteiger partial charge on any atom is -0.502 e. The molecule has 0 heterocycles. The number of aromatic hydroxyl groups is 1. The molecule has 0 bridgehead atoms. The van der Waals surface area contributed by atoms with Crippen LogP contribution in [0.3, 0.4) is 0 Å². The van der Waals surface area contributed by atoms with Crippen molar-refractivity contribution < 1.29 is 14.8 Å². The number of anilines is 1. The van der Waals surface area contributed by atoms with Crippen molar-refractivity contribution in [3.05, 3.63) is 28.3 Å². The molecule has 0 aliphatic heterocycles. The molecule has 0 aliphatic rings. The van der Waals surface area contributed by atoms with Crippen molar-refractivity contribution in [2.75, 3.05) is 19.4 Å². The van der Waals surface area contributed by atoms with Gasteiger partial charge in [-0.25, -0.2) is 4.79 Å². The first-order valence-corrected chi connectivity index (χ1v) is 4.37. The Morgan fingerprint density at radius 3 is 2.62 bits per heavy atom. The average molecular weight is 225 g/mol. The van der Waals surface area contributed by atoms with E-state index in [9.17, 15) is 20.0 Å². The van der Waals surface area contributed by atoms with E-state index < -0.39 is 22.4 Å². The van der Waals surface area contributed by atoms with Gasteiger partial charge in [-0.15, -0.1) is 0 Å². The van der Waals surface area contributed by atoms with Crippen LogP contribution in [0.1, 0.15) is 0 Å². The predicted octanol–water partition coefficient (Wildman–Crippen LogP) is 1.39. The standard InChI is InChI=1S/C9H11N3O4/c1-11(2)9(14)10-6-3-4-8(13)7(5-6)12(15)16/h3-5,13H,1-2H3,(H,10,14). The van der Waals surface area contributed by atoms with E-state index in [0.717, 1.165) is 12.1 Å². The van der Waals surface area contributed by atoms with Crippen LogP contribution in [-0.2, 0) is 0 Å².